The molecule has 1 aliphatic rings. The van der Waals surface area contributed by atoms with E-state index in [0.29, 0.717) is 12.5 Å². The summed E-state index contributed by atoms with van der Waals surface area (Å²) >= 11 is 0. The minimum Gasteiger partial charge on any atom is -0.466 e. The number of hydrogen-bond acceptors (Lipinski definition) is 3. The number of carbonyl (C=O) groups excluding carboxylic acids is 1. The highest BCUT2D eigenvalue weighted by Crippen LogP contribution is 2.29. The summed E-state index contributed by atoms with van der Waals surface area (Å²) < 4.78 is 5.17. The molecule has 0 unspecified atom stereocenters. The van der Waals surface area contributed by atoms with Crippen LogP contribution in [0.5, 0.6) is 0 Å². The molecule has 0 aliphatic carbocycles. The third kappa shape index (κ3) is 4.95. The van der Waals surface area contributed by atoms with Gasteiger partial charge in [-0.25, -0.2) is 0 Å². The molecule has 0 amide bonds. The molecule has 0 saturated carbocycles. The van der Waals surface area contributed by atoms with E-state index in [-0.39, 0.29) is 11.9 Å². The molecule has 0 aromatic heterocycles. The first kappa shape index (κ1) is 18.7. The van der Waals surface area contributed by atoms with Crippen LogP contribution >= 0.6 is 0 Å². The van der Waals surface area contributed by atoms with Gasteiger partial charge in [0.2, 0.25) is 0 Å². The van der Waals surface area contributed by atoms with E-state index >= 15 is 0 Å². The van der Waals surface area contributed by atoms with Crippen LogP contribution in [0.25, 0.3) is 0 Å². The van der Waals surface area contributed by atoms with Gasteiger partial charge in [0.1, 0.15) is 0 Å². The Kier molecular flexibility index (Phi) is 6.84. The zero-order valence-electron chi connectivity index (χ0n) is 15.6. The number of nitrogens with zero attached hydrogens (tertiary/aromatic N) is 1. The van der Waals surface area contributed by atoms with Crippen molar-refractivity contribution in [2.75, 3.05) is 26.2 Å². The van der Waals surface area contributed by atoms with Gasteiger partial charge >= 0.3 is 5.97 Å². The quantitative estimate of drug-likeness (QED) is 0.689. The van der Waals surface area contributed by atoms with Crippen molar-refractivity contribution in [2.24, 2.45) is 5.92 Å². The molecule has 1 aliphatic heterocycles. The van der Waals surface area contributed by atoms with Crippen molar-refractivity contribution in [1.29, 1.82) is 0 Å². The van der Waals surface area contributed by atoms with Crippen LogP contribution in [0.2, 0.25) is 0 Å². The summed E-state index contributed by atoms with van der Waals surface area (Å²) in [4.78, 5) is 14.4. The minimum absolute atomic E-state index is 0.0152. The van der Waals surface area contributed by atoms with Crippen molar-refractivity contribution in [2.45, 2.75) is 32.1 Å². The largest absolute Gasteiger partial charge is 0.466 e. The van der Waals surface area contributed by atoms with Gasteiger partial charge < -0.3 is 9.64 Å². The molecular weight excluding hydrogens is 322 g/mol. The topological polar surface area (TPSA) is 29.5 Å². The van der Waals surface area contributed by atoms with Gasteiger partial charge in [-0.05, 0) is 56.9 Å². The number of carbonyl (C=O) groups is 1. The standard InChI is InChI=1S/C23H29NO2/c1-2-26-23(25)21-13-16-24(17-14-21)18-15-22(19-9-5-3-6-10-19)20-11-7-4-8-12-20/h3-12,21-22H,2,13-18H2,1H3. The average Bonchev–Trinajstić information content (AvgIpc) is 2.70. The molecule has 0 spiro atoms. The van der Waals surface area contributed by atoms with E-state index in [0.717, 1.165) is 38.9 Å². The van der Waals surface area contributed by atoms with E-state index in [1.807, 2.05) is 6.92 Å². The summed E-state index contributed by atoms with van der Waals surface area (Å²) in [6.45, 7) is 5.39. The Morgan fingerprint density at radius 2 is 1.54 bits per heavy atom. The van der Waals surface area contributed by atoms with E-state index in [2.05, 4.69) is 65.6 Å². The second kappa shape index (κ2) is 9.54. The molecule has 2 aromatic rings. The van der Waals surface area contributed by atoms with Crippen molar-refractivity contribution in [3.05, 3.63) is 71.8 Å². The number of piperidine rings is 1. The van der Waals surface area contributed by atoms with Crippen molar-refractivity contribution in [3.8, 4) is 0 Å². The zero-order valence-corrected chi connectivity index (χ0v) is 15.6. The monoisotopic (exact) mass is 351 g/mol. The van der Waals surface area contributed by atoms with E-state index in [9.17, 15) is 4.79 Å². The average molecular weight is 351 g/mol. The van der Waals surface area contributed by atoms with Crippen LogP contribution in [-0.2, 0) is 9.53 Å². The van der Waals surface area contributed by atoms with E-state index in [1.165, 1.54) is 11.1 Å². The van der Waals surface area contributed by atoms with Crippen LogP contribution in [0.15, 0.2) is 60.7 Å². The van der Waals surface area contributed by atoms with E-state index < -0.39 is 0 Å². The molecule has 2 aromatic carbocycles. The van der Waals surface area contributed by atoms with Crippen molar-refractivity contribution in [3.63, 3.8) is 0 Å². The second-order valence-corrected chi connectivity index (χ2v) is 7.03. The fourth-order valence-electron chi connectivity index (χ4n) is 3.86. The highest BCUT2D eigenvalue weighted by Gasteiger charge is 2.26. The number of hydrogen-bond donors (Lipinski definition) is 0. The molecule has 1 fully saturated rings. The lowest BCUT2D eigenvalue weighted by Crippen LogP contribution is -2.37. The Bertz CT molecular complexity index is 624. The maximum absolute atomic E-state index is 11.9. The Labute approximate surface area is 157 Å². The summed E-state index contributed by atoms with van der Waals surface area (Å²) in [5.74, 6) is 0.490. The SMILES string of the molecule is CCOC(=O)C1CCN(CCC(c2ccccc2)c2ccccc2)CC1. The fraction of sp³-hybridized carbons (Fsp3) is 0.435. The van der Waals surface area contributed by atoms with Crippen LogP contribution in [-0.4, -0.2) is 37.1 Å². The summed E-state index contributed by atoms with van der Waals surface area (Å²) in [6, 6.07) is 21.5. The molecule has 26 heavy (non-hydrogen) atoms. The molecule has 3 rings (SSSR count). The molecule has 138 valence electrons. The summed E-state index contributed by atoms with van der Waals surface area (Å²) in [5, 5.41) is 0. The lowest BCUT2D eigenvalue weighted by molar-refractivity contribution is -0.149. The van der Waals surface area contributed by atoms with Gasteiger partial charge in [0.05, 0.1) is 12.5 Å². The first-order chi connectivity index (χ1) is 12.8. The second-order valence-electron chi connectivity index (χ2n) is 7.03. The number of esters is 1. The maximum atomic E-state index is 11.9. The molecule has 3 heteroatoms. The number of benzene rings is 2. The first-order valence-corrected chi connectivity index (χ1v) is 9.76. The normalized spacial score (nSPS) is 15.9. The predicted molar refractivity (Wildman–Crippen MR) is 105 cm³/mol. The van der Waals surface area contributed by atoms with E-state index in [4.69, 9.17) is 4.74 Å². The predicted octanol–water partition coefficient (Wildman–Crippen LogP) is 4.48. The van der Waals surface area contributed by atoms with Gasteiger partial charge in [0.15, 0.2) is 0 Å². The van der Waals surface area contributed by atoms with Crippen LogP contribution in [0.3, 0.4) is 0 Å². The highest BCUT2D eigenvalue weighted by molar-refractivity contribution is 5.72. The van der Waals surface area contributed by atoms with Crippen LogP contribution in [0.1, 0.15) is 43.2 Å². The number of rotatable bonds is 7. The van der Waals surface area contributed by atoms with Crippen LogP contribution < -0.4 is 0 Å². The molecule has 0 N–H and O–H groups in total. The van der Waals surface area contributed by atoms with Gasteiger partial charge in [-0.15, -0.1) is 0 Å². The molecule has 1 saturated heterocycles. The molecule has 0 radical (unpaired) electrons. The molecule has 0 bridgehead atoms. The Morgan fingerprint density at radius 1 is 1.00 bits per heavy atom. The minimum atomic E-state index is -0.0152. The van der Waals surface area contributed by atoms with Gasteiger partial charge in [-0.1, -0.05) is 60.7 Å². The van der Waals surface area contributed by atoms with Crippen LogP contribution in [0, 0.1) is 5.92 Å². The fourth-order valence-corrected chi connectivity index (χ4v) is 3.86. The Morgan fingerprint density at radius 3 is 2.04 bits per heavy atom. The van der Waals surface area contributed by atoms with Crippen molar-refractivity contribution < 1.29 is 9.53 Å². The highest BCUT2D eigenvalue weighted by atomic mass is 16.5. The lowest BCUT2D eigenvalue weighted by atomic mass is 9.88. The smallest absolute Gasteiger partial charge is 0.309 e. The summed E-state index contributed by atoms with van der Waals surface area (Å²) in [5.41, 5.74) is 2.75. The van der Waals surface area contributed by atoms with Gasteiger partial charge in [0.25, 0.3) is 0 Å². The molecule has 3 nitrogen and oxygen atoms in total. The molecular formula is C23H29NO2. The third-order valence-corrected chi connectivity index (χ3v) is 5.35. The first-order valence-electron chi connectivity index (χ1n) is 9.76. The summed E-state index contributed by atoms with van der Waals surface area (Å²) in [6.07, 6.45) is 2.93. The summed E-state index contributed by atoms with van der Waals surface area (Å²) in [7, 11) is 0. The van der Waals surface area contributed by atoms with Crippen LogP contribution in [0.4, 0.5) is 0 Å². The lowest BCUT2D eigenvalue weighted by Gasteiger charge is -2.32. The third-order valence-electron chi connectivity index (χ3n) is 5.35. The van der Waals surface area contributed by atoms with Crippen molar-refractivity contribution >= 4 is 5.97 Å². The van der Waals surface area contributed by atoms with Gasteiger partial charge in [-0.2, -0.15) is 0 Å². The Hall–Kier alpha value is -2.13. The maximum Gasteiger partial charge on any atom is 0.309 e. The molecule has 0 atom stereocenters. The number of ether oxygens (including phenoxy) is 1. The Balaban J connectivity index is 1.58. The molecule has 1 heterocycles. The van der Waals surface area contributed by atoms with Crippen molar-refractivity contribution in [1.82, 2.24) is 4.90 Å². The van der Waals surface area contributed by atoms with E-state index in [1.54, 1.807) is 0 Å². The zero-order chi connectivity index (χ0) is 18.2. The van der Waals surface area contributed by atoms with Gasteiger partial charge in [-0.3, -0.25) is 4.79 Å². The number of likely N-dealkylation sites (tertiary alicyclic amines) is 1. The van der Waals surface area contributed by atoms with Gasteiger partial charge in [0, 0.05) is 5.92 Å².